The lowest BCUT2D eigenvalue weighted by molar-refractivity contribution is -0.0764. The quantitative estimate of drug-likeness (QED) is 0.351. The fraction of sp³-hybridized carbons (Fsp3) is 0.438. The molecule has 1 aromatic carbocycles. The first-order valence-corrected chi connectivity index (χ1v) is 8.07. The molecule has 158 valence electrons. The fourth-order valence-corrected chi connectivity index (χ4v) is 1.70. The minimum absolute atomic E-state index is 0.355. The number of carbonyl (C=O) groups excluding carboxylic acids is 3. The Balaban J connectivity index is 0.000000434. The van der Waals surface area contributed by atoms with Crippen molar-refractivity contribution in [3.8, 4) is 0 Å². The topological polar surface area (TPSA) is 169 Å². The number of nitrogens with zero attached hydrogens (tertiary/aromatic N) is 3. The maximum Gasteiger partial charge on any atom is 0.433 e. The highest BCUT2D eigenvalue weighted by Gasteiger charge is 2.27. The average Bonchev–Trinajstić information content (AvgIpc) is 2.94. The molecule has 0 radical (unpaired) electrons. The highest BCUT2D eigenvalue weighted by molar-refractivity contribution is 5.93. The maximum absolute atomic E-state index is 11.3. The molecule has 2 rings (SSSR count). The molecule has 1 fully saturated rings. The lowest BCUT2D eigenvalue weighted by Crippen LogP contribution is -2.31. The van der Waals surface area contributed by atoms with E-state index in [-0.39, 0.29) is 6.03 Å². The third kappa shape index (κ3) is 10.2. The summed E-state index contributed by atoms with van der Waals surface area (Å²) >= 11 is 0. The lowest BCUT2D eigenvalue weighted by Gasteiger charge is -2.21. The van der Waals surface area contributed by atoms with Gasteiger partial charge in [-0.05, 0) is 32.9 Å². The molecule has 0 aliphatic carbocycles. The number of hydrogen-bond acceptors (Lipinski definition) is 7. The van der Waals surface area contributed by atoms with Crippen LogP contribution >= 0.6 is 0 Å². The molecule has 1 heterocycles. The van der Waals surface area contributed by atoms with Crippen LogP contribution in [0.3, 0.4) is 0 Å². The molecular formula is C16H27N5O7. The monoisotopic (exact) mass is 401 g/mol. The van der Waals surface area contributed by atoms with Gasteiger partial charge in [-0.15, -0.1) is 0 Å². The molecule has 0 spiro atoms. The normalized spacial score (nSPS) is 12.9. The number of benzene rings is 1. The fourth-order valence-electron chi connectivity index (χ4n) is 1.70. The van der Waals surface area contributed by atoms with Crippen LogP contribution in [0, 0.1) is 0 Å². The van der Waals surface area contributed by atoms with Gasteiger partial charge in [0, 0.05) is 19.3 Å². The van der Waals surface area contributed by atoms with Crippen LogP contribution in [0.1, 0.15) is 20.8 Å². The Morgan fingerprint density at radius 1 is 1.21 bits per heavy atom. The number of para-hydroxylation sites is 1. The second kappa shape index (κ2) is 11.6. The van der Waals surface area contributed by atoms with Gasteiger partial charge in [0.25, 0.3) is 0 Å². The number of amides is 5. The SMILES string of the molecule is CN(O)C(=O)OC(C)(C)C.NC(=O)NO.O=C1N(O)CCN1c1ccccc1. The summed E-state index contributed by atoms with van der Waals surface area (Å²) in [6, 6.07) is 8.01. The summed E-state index contributed by atoms with van der Waals surface area (Å²) in [7, 11) is 1.22. The third-order valence-corrected chi connectivity index (χ3v) is 2.82. The minimum Gasteiger partial charge on any atom is -0.442 e. The Labute approximate surface area is 162 Å². The van der Waals surface area contributed by atoms with E-state index in [2.05, 4.69) is 5.73 Å². The Morgan fingerprint density at radius 2 is 1.71 bits per heavy atom. The standard InChI is InChI=1S/C9H10N2O2.C6H13NO3.CH4N2O2/c12-9-10(6-7-11(9)13)8-4-2-1-3-5-8;1-6(2,3)10-5(8)7(4)9;2-1(4)3-5/h1-5,13H,6-7H2;9H,1-4H3;5H,(H3,2,3,4). The number of ether oxygens (including phenoxy) is 1. The molecule has 0 saturated carbocycles. The second-order valence-electron chi connectivity index (χ2n) is 6.37. The van der Waals surface area contributed by atoms with E-state index >= 15 is 0 Å². The first-order valence-electron chi connectivity index (χ1n) is 8.07. The van der Waals surface area contributed by atoms with Gasteiger partial charge in [-0.1, -0.05) is 18.2 Å². The first kappa shape index (κ1) is 24.9. The maximum atomic E-state index is 11.3. The minimum atomic E-state index is -0.940. The first-order chi connectivity index (χ1) is 12.9. The molecule has 0 atom stereocenters. The average molecular weight is 401 g/mol. The van der Waals surface area contributed by atoms with Crippen molar-refractivity contribution < 1.29 is 34.7 Å². The summed E-state index contributed by atoms with van der Waals surface area (Å²) in [5.41, 5.74) is 5.73. The van der Waals surface area contributed by atoms with Crippen molar-refractivity contribution >= 4 is 23.8 Å². The third-order valence-electron chi connectivity index (χ3n) is 2.82. The molecule has 28 heavy (non-hydrogen) atoms. The molecule has 0 unspecified atom stereocenters. The molecule has 0 bridgehead atoms. The number of urea groups is 2. The summed E-state index contributed by atoms with van der Waals surface area (Å²) < 4.78 is 4.74. The van der Waals surface area contributed by atoms with E-state index in [0.717, 1.165) is 10.8 Å². The van der Waals surface area contributed by atoms with Crippen LogP contribution in [0.5, 0.6) is 0 Å². The van der Waals surface area contributed by atoms with Crippen molar-refractivity contribution in [1.82, 2.24) is 15.6 Å². The van der Waals surface area contributed by atoms with Crippen LogP contribution in [-0.4, -0.2) is 69.6 Å². The van der Waals surface area contributed by atoms with Crippen molar-refractivity contribution in [2.24, 2.45) is 5.73 Å². The molecule has 12 heteroatoms. The van der Waals surface area contributed by atoms with E-state index in [4.69, 9.17) is 20.4 Å². The zero-order chi connectivity index (χ0) is 21.9. The molecule has 0 aromatic heterocycles. The second-order valence-corrected chi connectivity index (χ2v) is 6.37. The number of nitrogens with one attached hydrogen (secondary N) is 1. The predicted molar refractivity (Wildman–Crippen MR) is 98.0 cm³/mol. The van der Waals surface area contributed by atoms with Crippen LogP contribution in [0.4, 0.5) is 20.1 Å². The highest BCUT2D eigenvalue weighted by atomic mass is 16.6. The Bertz CT molecular complexity index is 634. The summed E-state index contributed by atoms with van der Waals surface area (Å²) in [6.07, 6.45) is -0.743. The van der Waals surface area contributed by atoms with E-state index < -0.39 is 17.7 Å². The van der Waals surface area contributed by atoms with E-state index in [1.807, 2.05) is 30.3 Å². The summed E-state index contributed by atoms with van der Waals surface area (Å²) in [4.78, 5) is 32.7. The lowest BCUT2D eigenvalue weighted by atomic mass is 10.2. The largest absolute Gasteiger partial charge is 0.442 e. The zero-order valence-electron chi connectivity index (χ0n) is 16.2. The van der Waals surface area contributed by atoms with Gasteiger partial charge in [0.15, 0.2) is 0 Å². The molecule has 6 N–H and O–H groups in total. The number of hydrogen-bond donors (Lipinski definition) is 5. The van der Waals surface area contributed by atoms with E-state index in [1.54, 1.807) is 25.7 Å². The number of hydroxylamine groups is 5. The van der Waals surface area contributed by atoms with Gasteiger partial charge in [0.2, 0.25) is 0 Å². The van der Waals surface area contributed by atoms with Gasteiger partial charge in [-0.3, -0.25) is 20.5 Å². The van der Waals surface area contributed by atoms with Gasteiger partial charge < -0.3 is 10.5 Å². The van der Waals surface area contributed by atoms with Crippen LogP contribution in [0.2, 0.25) is 0 Å². The van der Waals surface area contributed by atoms with Crippen molar-refractivity contribution in [2.75, 3.05) is 25.0 Å². The summed E-state index contributed by atoms with van der Waals surface area (Å²) in [5, 5.41) is 26.2. The van der Waals surface area contributed by atoms with Crippen molar-refractivity contribution in [1.29, 1.82) is 0 Å². The van der Waals surface area contributed by atoms with Crippen molar-refractivity contribution in [2.45, 2.75) is 26.4 Å². The Kier molecular flexibility index (Phi) is 10.3. The van der Waals surface area contributed by atoms with E-state index in [9.17, 15) is 14.4 Å². The zero-order valence-corrected chi connectivity index (χ0v) is 16.2. The van der Waals surface area contributed by atoms with Crippen LogP contribution < -0.4 is 16.1 Å². The smallest absolute Gasteiger partial charge is 0.433 e. The van der Waals surface area contributed by atoms with Crippen LogP contribution in [-0.2, 0) is 4.74 Å². The van der Waals surface area contributed by atoms with Gasteiger partial charge in [0.1, 0.15) is 5.60 Å². The molecule has 1 aliphatic rings. The Hall–Kier alpha value is -3.09. The van der Waals surface area contributed by atoms with Crippen molar-refractivity contribution in [3.05, 3.63) is 30.3 Å². The number of anilines is 1. The molecule has 5 amide bonds. The molecular weight excluding hydrogens is 374 g/mol. The van der Waals surface area contributed by atoms with Crippen molar-refractivity contribution in [3.63, 3.8) is 0 Å². The van der Waals surface area contributed by atoms with Crippen LogP contribution in [0.25, 0.3) is 0 Å². The predicted octanol–water partition coefficient (Wildman–Crippen LogP) is 1.60. The molecule has 1 saturated heterocycles. The van der Waals surface area contributed by atoms with E-state index in [1.165, 1.54) is 12.5 Å². The van der Waals surface area contributed by atoms with E-state index in [0.29, 0.717) is 18.2 Å². The highest BCUT2D eigenvalue weighted by Crippen LogP contribution is 2.18. The summed E-state index contributed by atoms with van der Waals surface area (Å²) in [5.74, 6) is 0. The Morgan fingerprint density at radius 3 is 2.00 bits per heavy atom. The molecule has 1 aromatic rings. The van der Waals surface area contributed by atoms with Crippen LogP contribution in [0.15, 0.2) is 30.3 Å². The molecule has 12 nitrogen and oxygen atoms in total. The summed E-state index contributed by atoms with van der Waals surface area (Å²) in [6.45, 7) is 6.10. The molecule has 1 aliphatic heterocycles. The van der Waals surface area contributed by atoms with Gasteiger partial charge in [-0.2, -0.15) is 5.06 Å². The van der Waals surface area contributed by atoms with Gasteiger partial charge in [-0.25, -0.2) is 24.9 Å². The number of nitrogens with two attached hydrogens (primary N) is 1. The number of carbonyl (C=O) groups is 3. The van der Waals surface area contributed by atoms with Gasteiger partial charge >= 0.3 is 18.2 Å². The van der Waals surface area contributed by atoms with Gasteiger partial charge in [0.05, 0.1) is 6.54 Å². The number of rotatable bonds is 1. The number of primary amides is 1.